The van der Waals surface area contributed by atoms with E-state index in [4.69, 9.17) is 0 Å². The van der Waals surface area contributed by atoms with Gasteiger partial charge in [0, 0.05) is 28.2 Å². The lowest BCUT2D eigenvalue weighted by molar-refractivity contribution is 0.0957. The zero-order valence-electron chi connectivity index (χ0n) is 13.3. The highest BCUT2D eigenvalue weighted by Crippen LogP contribution is 2.32. The smallest absolute Gasteiger partial charge is 0.128 e. The Morgan fingerprint density at radius 3 is 2.57 bits per heavy atom. The Morgan fingerprint density at radius 1 is 1.29 bits per heavy atom. The topological polar surface area (TPSA) is 15.3 Å². The second-order valence-corrected chi connectivity index (χ2v) is 7.36. The van der Waals surface area contributed by atoms with Crippen LogP contribution in [0.25, 0.3) is 0 Å². The molecular weight excluding hydrogens is 331 g/mol. The lowest BCUT2D eigenvalue weighted by Gasteiger charge is -2.44. The second kappa shape index (κ2) is 7.21. The van der Waals surface area contributed by atoms with Crippen molar-refractivity contribution in [2.75, 3.05) is 20.6 Å². The summed E-state index contributed by atoms with van der Waals surface area (Å²) >= 11 is 3.42. The van der Waals surface area contributed by atoms with E-state index in [9.17, 15) is 4.39 Å². The summed E-state index contributed by atoms with van der Waals surface area (Å²) in [5.74, 6) is -0.138. The lowest BCUT2D eigenvalue weighted by Crippen LogP contribution is -2.53. The molecule has 1 saturated carbocycles. The summed E-state index contributed by atoms with van der Waals surface area (Å²) in [6.07, 6.45) is 6.37. The number of nitrogens with one attached hydrogen (secondary N) is 1. The van der Waals surface area contributed by atoms with E-state index in [1.807, 2.05) is 13.0 Å². The summed E-state index contributed by atoms with van der Waals surface area (Å²) in [4.78, 5) is 2.35. The van der Waals surface area contributed by atoms with Crippen molar-refractivity contribution in [2.45, 2.75) is 50.6 Å². The van der Waals surface area contributed by atoms with Gasteiger partial charge in [-0.05, 0) is 52.1 Å². The van der Waals surface area contributed by atoms with E-state index in [2.05, 4.69) is 40.2 Å². The Morgan fingerprint density at radius 2 is 1.95 bits per heavy atom. The van der Waals surface area contributed by atoms with Crippen LogP contribution in [-0.4, -0.2) is 31.1 Å². The molecule has 0 heterocycles. The van der Waals surface area contributed by atoms with Gasteiger partial charge in [-0.3, -0.25) is 0 Å². The molecule has 2 rings (SSSR count). The minimum atomic E-state index is -0.138. The fourth-order valence-electron chi connectivity index (χ4n) is 3.29. The molecule has 1 aliphatic rings. The average molecular weight is 357 g/mol. The molecule has 118 valence electrons. The van der Waals surface area contributed by atoms with Crippen LogP contribution in [0.1, 0.15) is 50.6 Å². The molecular formula is C17H26BrFN2. The van der Waals surface area contributed by atoms with Crippen LogP contribution in [0.2, 0.25) is 0 Å². The molecule has 0 saturated heterocycles. The maximum Gasteiger partial charge on any atom is 0.128 e. The molecule has 2 nitrogen and oxygen atoms in total. The van der Waals surface area contributed by atoms with Crippen LogP contribution in [0.5, 0.6) is 0 Å². The third kappa shape index (κ3) is 4.05. The van der Waals surface area contributed by atoms with Gasteiger partial charge in [-0.25, -0.2) is 4.39 Å². The minimum Gasteiger partial charge on any atom is -0.308 e. The van der Waals surface area contributed by atoms with Gasteiger partial charge in [0.1, 0.15) is 5.82 Å². The number of halogens is 2. The summed E-state index contributed by atoms with van der Waals surface area (Å²) in [5, 5.41) is 3.56. The molecule has 0 bridgehead atoms. The first-order chi connectivity index (χ1) is 9.94. The molecule has 1 unspecified atom stereocenters. The molecule has 1 N–H and O–H groups in total. The first kappa shape index (κ1) is 16.9. The first-order valence-electron chi connectivity index (χ1n) is 7.80. The largest absolute Gasteiger partial charge is 0.308 e. The molecule has 0 aliphatic heterocycles. The van der Waals surface area contributed by atoms with Crippen LogP contribution in [0.3, 0.4) is 0 Å². The summed E-state index contributed by atoms with van der Waals surface area (Å²) in [6, 6.07) is 5.16. The summed E-state index contributed by atoms with van der Waals surface area (Å²) in [6.45, 7) is 2.95. The maximum absolute atomic E-state index is 14.0. The predicted octanol–water partition coefficient (Wildman–Crippen LogP) is 4.50. The van der Waals surface area contributed by atoms with Gasteiger partial charge in [-0.1, -0.05) is 35.2 Å². The average Bonchev–Trinajstić information content (AvgIpc) is 2.48. The van der Waals surface area contributed by atoms with Crippen LogP contribution in [-0.2, 0) is 0 Å². The Kier molecular flexibility index (Phi) is 5.81. The van der Waals surface area contributed by atoms with Crippen LogP contribution in [0.15, 0.2) is 22.7 Å². The summed E-state index contributed by atoms with van der Waals surface area (Å²) < 4.78 is 14.9. The van der Waals surface area contributed by atoms with Crippen LogP contribution >= 0.6 is 15.9 Å². The van der Waals surface area contributed by atoms with E-state index in [-0.39, 0.29) is 17.4 Å². The quantitative estimate of drug-likeness (QED) is 0.835. The second-order valence-electron chi connectivity index (χ2n) is 6.45. The van der Waals surface area contributed by atoms with E-state index in [1.54, 1.807) is 6.07 Å². The van der Waals surface area contributed by atoms with Crippen LogP contribution in [0.4, 0.5) is 4.39 Å². The highest BCUT2D eigenvalue weighted by molar-refractivity contribution is 9.10. The third-order valence-corrected chi connectivity index (χ3v) is 5.39. The van der Waals surface area contributed by atoms with E-state index < -0.39 is 0 Å². The monoisotopic (exact) mass is 356 g/mol. The number of hydrogen-bond donors (Lipinski definition) is 1. The normalized spacial score (nSPS) is 19.7. The van der Waals surface area contributed by atoms with E-state index in [0.29, 0.717) is 0 Å². The Labute approximate surface area is 136 Å². The molecule has 4 heteroatoms. The molecule has 0 aromatic heterocycles. The van der Waals surface area contributed by atoms with Crippen molar-refractivity contribution < 1.29 is 4.39 Å². The SMILES string of the molecule is CC(NCC1(N(C)C)CCCCC1)c1cc(Br)ccc1F. The first-order valence-corrected chi connectivity index (χ1v) is 8.60. The van der Waals surface area contributed by atoms with Crippen LogP contribution in [0, 0.1) is 5.82 Å². The molecule has 1 atom stereocenters. The van der Waals surface area contributed by atoms with E-state index in [1.165, 1.54) is 38.2 Å². The van der Waals surface area contributed by atoms with Gasteiger partial charge in [-0.2, -0.15) is 0 Å². The number of nitrogens with zero attached hydrogens (tertiary/aromatic N) is 1. The number of likely N-dealkylation sites (N-methyl/N-ethyl adjacent to an activating group) is 1. The Bertz CT molecular complexity index is 470. The van der Waals surface area contributed by atoms with Gasteiger partial charge in [0.05, 0.1) is 0 Å². The molecule has 21 heavy (non-hydrogen) atoms. The summed E-state index contributed by atoms with van der Waals surface area (Å²) in [5.41, 5.74) is 0.948. The van der Waals surface area contributed by atoms with Gasteiger partial charge in [0.25, 0.3) is 0 Å². The molecule has 0 spiro atoms. The van der Waals surface area contributed by atoms with Crippen molar-refractivity contribution in [1.29, 1.82) is 0 Å². The van der Waals surface area contributed by atoms with Crippen molar-refractivity contribution in [2.24, 2.45) is 0 Å². The molecule has 1 aromatic rings. The molecule has 1 aliphatic carbocycles. The van der Waals surface area contributed by atoms with E-state index >= 15 is 0 Å². The van der Waals surface area contributed by atoms with Crippen molar-refractivity contribution in [3.8, 4) is 0 Å². The van der Waals surface area contributed by atoms with Gasteiger partial charge in [0.2, 0.25) is 0 Å². The zero-order chi connectivity index (χ0) is 15.5. The number of benzene rings is 1. The molecule has 1 fully saturated rings. The minimum absolute atomic E-state index is 0.0150. The van der Waals surface area contributed by atoms with Gasteiger partial charge in [0.15, 0.2) is 0 Å². The Balaban J connectivity index is 2.05. The fourth-order valence-corrected chi connectivity index (χ4v) is 3.67. The standard InChI is InChI=1S/C17H26BrFN2/c1-13(15-11-14(18)7-8-16(15)19)20-12-17(21(2)3)9-5-4-6-10-17/h7-8,11,13,20H,4-6,9-10,12H2,1-3H3. The summed E-state index contributed by atoms with van der Waals surface area (Å²) in [7, 11) is 4.33. The molecule has 1 aromatic carbocycles. The van der Waals surface area contributed by atoms with Gasteiger partial charge < -0.3 is 10.2 Å². The zero-order valence-corrected chi connectivity index (χ0v) is 14.8. The number of hydrogen-bond acceptors (Lipinski definition) is 2. The fraction of sp³-hybridized carbons (Fsp3) is 0.647. The van der Waals surface area contributed by atoms with Gasteiger partial charge >= 0.3 is 0 Å². The number of rotatable bonds is 5. The predicted molar refractivity (Wildman–Crippen MR) is 90.0 cm³/mol. The van der Waals surface area contributed by atoms with Crippen LogP contribution < -0.4 is 5.32 Å². The van der Waals surface area contributed by atoms with Gasteiger partial charge in [-0.15, -0.1) is 0 Å². The Hall–Kier alpha value is -0.450. The van der Waals surface area contributed by atoms with Crippen molar-refractivity contribution in [3.63, 3.8) is 0 Å². The molecule has 0 radical (unpaired) electrons. The molecule has 0 amide bonds. The van der Waals surface area contributed by atoms with Crippen molar-refractivity contribution >= 4 is 15.9 Å². The van der Waals surface area contributed by atoms with Crippen molar-refractivity contribution in [1.82, 2.24) is 10.2 Å². The van der Waals surface area contributed by atoms with E-state index in [0.717, 1.165) is 16.6 Å². The highest BCUT2D eigenvalue weighted by Gasteiger charge is 2.34. The third-order valence-electron chi connectivity index (χ3n) is 4.89. The maximum atomic E-state index is 14.0. The highest BCUT2D eigenvalue weighted by atomic mass is 79.9. The van der Waals surface area contributed by atoms with Crippen molar-refractivity contribution in [3.05, 3.63) is 34.1 Å². The lowest BCUT2D eigenvalue weighted by atomic mass is 9.80.